The Morgan fingerprint density at radius 2 is 0.593 bits per heavy atom. The average Bonchev–Trinajstić information content (AvgIpc) is 0.898. The molecule has 9 rings (SSSR count). The lowest BCUT2D eigenvalue weighted by Gasteiger charge is -2.37. The van der Waals surface area contributed by atoms with Gasteiger partial charge in [0.25, 0.3) is 0 Å². The standard InChI is InChI=1S/C29H36O4Si.C27H32O4Si.C21H18O4/c1-8-31-25-20-19-24(33-34(6,7)29(3,4)5)21(2)26(25)28(30)32-27(22-15-11-9-12-16-22)23-17-13-10-14-18-23;1-19-23(31-32(5,6)27(2,3)4)18-17-22(28)24(19)26(29)30-25(20-13-9-7-10-14-20)21-15-11-8-12-16-21;1-14-17(22)12-13-18(23)19(14)21(24)25-20(15-8-4-2-5-9-15)16-10-6-3-7-11-16/h9-20,27H,8H2,1-7H3;7-18,25,28H,1-6H3;2-13,20,22-23H,1H3. The molecule has 0 radical (unpaired) electrons. The summed E-state index contributed by atoms with van der Waals surface area (Å²) in [5.41, 5.74) is 7.29. The summed E-state index contributed by atoms with van der Waals surface area (Å²) in [4.78, 5) is 39.7. The quantitative estimate of drug-likeness (QED) is 0.0322. The van der Waals surface area contributed by atoms with Crippen LogP contribution in [-0.2, 0) is 14.2 Å². The first-order valence-corrected chi connectivity index (χ1v) is 36.4. The highest BCUT2D eigenvalue weighted by Crippen LogP contribution is 2.43. The van der Waals surface area contributed by atoms with Gasteiger partial charge in [-0.2, -0.15) is 0 Å². The van der Waals surface area contributed by atoms with Crippen LogP contribution in [0.4, 0.5) is 0 Å². The molecule has 12 nitrogen and oxygen atoms in total. The number of carbonyl (C=O) groups is 3. The fraction of sp³-hybridized carbons (Fsp3) is 0.260. The van der Waals surface area contributed by atoms with Gasteiger partial charge in [-0.15, -0.1) is 0 Å². The Hall–Kier alpha value is -9.38. The summed E-state index contributed by atoms with van der Waals surface area (Å²) in [5, 5.41) is 30.4. The second kappa shape index (κ2) is 30.4. The van der Waals surface area contributed by atoms with Gasteiger partial charge < -0.3 is 43.1 Å². The first-order valence-electron chi connectivity index (χ1n) is 30.5. The highest BCUT2D eigenvalue weighted by molar-refractivity contribution is 6.75. The highest BCUT2D eigenvalue weighted by atomic mass is 28.4. The Bertz CT molecular complexity index is 3730. The van der Waals surface area contributed by atoms with Gasteiger partial charge in [-0.1, -0.05) is 224 Å². The molecule has 0 amide bonds. The van der Waals surface area contributed by atoms with Gasteiger partial charge in [0.1, 0.15) is 51.2 Å². The van der Waals surface area contributed by atoms with Crippen LogP contribution in [0.1, 0.15) is 148 Å². The predicted molar refractivity (Wildman–Crippen MR) is 366 cm³/mol. The molecular weight excluding hydrogens is 1170 g/mol. The van der Waals surface area contributed by atoms with Crippen LogP contribution in [0.3, 0.4) is 0 Å². The van der Waals surface area contributed by atoms with Crippen molar-refractivity contribution < 1.29 is 57.5 Å². The molecule has 0 atom stereocenters. The molecule has 0 aliphatic rings. The molecule has 0 bridgehead atoms. The van der Waals surface area contributed by atoms with Gasteiger partial charge in [-0.25, -0.2) is 14.4 Å². The molecule has 0 saturated carbocycles. The summed E-state index contributed by atoms with van der Waals surface area (Å²) in [7, 11) is -4.22. The van der Waals surface area contributed by atoms with Crippen LogP contribution in [0.25, 0.3) is 0 Å². The molecule has 0 aliphatic carbocycles. The van der Waals surface area contributed by atoms with Gasteiger partial charge >= 0.3 is 17.9 Å². The van der Waals surface area contributed by atoms with Gasteiger partial charge in [-0.05, 0) is 134 Å². The van der Waals surface area contributed by atoms with Crippen molar-refractivity contribution in [3.8, 4) is 34.5 Å². The van der Waals surface area contributed by atoms with Crippen LogP contribution >= 0.6 is 0 Å². The topological polar surface area (TPSA) is 167 Å². The molecule has 9 aromatic rings. The minimum Gasteiger partial charge on any atom is -0.543 e. The molecule has 14 heteroatoms. The van der Waals surface area contributed by atoms with Crippen molar-refractivity contribution in [2.24, 2.45) is 0 Å². The number of carbonyl (C=O) groups excluding carboxylic acids is 3. The van der Waals surface area contributed by atoms with E-state index < -0.39 is 52.9 Å². The fourth-order valence-corrected chi connectivity index (χ4v) is 11.6. The molecule has 474 valence electrons. The van der Waals surface area contributed by atoms with Crippen LogP contribution in [0.15, 0.2) is 218 Å². The van der Waals surface area contributed by atoms with Gasteiger partial charge in [0, 0.05) is 16.7 Å². The maximum atomic E-state index is 13.7. The molecule has 0 fully saturated rings. The number of phenols is 3. The molecule has 0 spiro atoms. The first-order chi connectivity index (χ1) is 43.1. The van der Waals surface area contributed by atoms with Gasteiger partial charge in [-0.3, -0.25) is 0 Å². The van der Waals surface area contributed by atoms with Crippen molar-refractivity contribution in [1.82, 2.24) is 0 Å². The normalized spacial score (nSPS) is 11.6. The molecule has 0 unspecified atom stereocenters. The molecule has 9 aromatic carbocycles. The second-order valence-corrected chi connectivity index (χ2v) is 34.7. The van der Waals surface area contributed by atoms with Crippen LogP contribution in [-0.4, -0.2) is 56.5 Å². The van der Waals surface area contributed by atoms with E-state index >= 15 is 0 Å². The SMILES string of the molecule is CCOc1ccc(O[Si](C)(C)C(C)(C)C)c(C)c1C(=O)OC(c1ccccc1)c1ccccc1.Cc1c(O)ccc(O)c1C(=O)OC(c1ccccc1)c1ccccc1.Cc1c(O[Si](C)(C)C(C)(C)C)ccc(O)c1C(=O)OC(c1ccccc1)c1ccccc1. The Kier molecular flexibility index (Phi) is 23.1. The Morgan fingerprint density at radius 1 is 0.352 bits per heavy atom. The van der Waals surface area contributed by atoms with E-state index in [0.717, 1.165) is 38.9 Å². The first kappa shape index (κ1) is 69.1. The van der Waals surface area contributed by atoms with Crippen molar-refractivity contribution in [2.45, 2.75) is 124 Å². The largest absolute Gasteiger partial charge is 0.543 e. The van der Waals surface area contributed by atoms with Crippen molar-refractivity contribution >= 4 is 34.5 Å². The minimum atomic E-state index is -2.12. The third-order valence-corrected chi connectivity index (χ3v) is 25.4. The van der Waals surface area contributed by atoms with Crippen LogP contribution < -0.4 is 13.6 Å². The summed E-state index contributed by atoms with van der Waals surface area (Å²) in [6.07, 6.45) is -1.74. The van der Waals surface area contributed by atoms with Gasteiger partial charge in [0.15, 0.2) is 18.3 Å². The van der Waals surface area contributed by atoms with Crippen LogP contribution in [0.2, 0.25) is 36.3 Å². The third kappa shape index (κ3) is 17.5. The lowest BCUT2D eigenvalue weighted by Crippen LogP contribution is -2.44. The average molecular weight is 1260 g/mol. The molecule has 0 aromatic heterocycles. The molecule has 3 N–H and O–H groups in total. The zero-order valence-electron chi connectivity index (χ0n) is 54.7. The summed E-state index contributed by atoms with van der Waals surface area (Å²) in [6.45, 7) is 29.4. The van der Waals surface area contributed by atoms with Crippen molar-refractivity contribution in [2.75, 3.05) is 6.61 Å². The van der Waals surface area contributed by atoms with E-state index in [2.05, 4.69) is 67.7 Å². The zero-order valence-corrected chi connectivity index (χ0v) is 56.7. The minimum absolute atomic E-state index is 0.00368. The third-order valence-electron chi connectivity index (χ3n) is 16.7. The number of benzene rings is 9. The zero-order chi connectivity index (χ0) is 66.3. The highest BCUT2D eigenvalue weighted by Gasteiger charge is 2.41. The molecular formula is C77H86O12Si2. The molecule has 0 aliphatic heterocycles. The monoisotopic (exact) mass is 1260 g/mol. The lowest BCUT2D eigenvalue weighted by molar-refractivity contribution is 0.0363. The van der Waals surface area contributed by atoms with E-state index in [1.54, 1.807) is 19.9 Å². The molecule has 0 saturated heterocycles. The van der Waals surface area contributed by atoms with Gasteiger partial charge in [0.05, 0.1) is 6.61 Å². The molecule has 91 heavy (non-hydrogen) atoms. The van der Waals surface area contributed by atoms with Crippen LogP contribution in [0, 0.1) is 20.8 Å². The Labute approximate surface area is 539 Å². The summed E-state index contributed by atoms with van der Waals surface area (Å²) < 4.78 is 36.7. The maximum Gasteiger partial charge on any atom is 0.343 e. The van der Waals surface area contributed by atoms with Gasteiger partial charge in [0.2, 0.25) is 16.6 Å². The van der Waals surface area contributed by atoms with E-state index in [1.165, 1.54) is 18.2 Å². The number of aromatic hydroxyl groups is 3. The van der Waals surface area contributed by atoms with E-state index in [-0.39, 0.29) is 44.0 Å². The number of ether oxygens (including phenoxy) is 4. The smallest absolute Gasteiger partial charge is 0.343 e. The number of esters is 3. The summed E-state index contributed by atoms with van der Waals surface area (Å²) >= 11 is 0. The van der Waals surface area contributed by atoms with E-state index in [9.17, 15) is 29.7 Å². The van der Waals surface area contributed by atoms with E-state index in [0.29, 0.717) is 35.0 Å². The predicted octanol–water partition coefficient (Wildman–Crippen LogP) is 19.1. The number of hydrogen-bond donors (Lipinski definition) is 3. The summed E-state index contributed by atoms with van der Waals surface area (Å²) in [6, 6.07) is 67.1. The van der Waals surface area contributed by atoms with Crippen molar-refractivity contribution in [3.63, 3.8) is 0 Å². The Balaban J connectivity index is 0.000000196. The summed E-state index contributed by atoms with van der Waals surface area (Å²) in [5.74, 6) is -0.292. The molecule has 0 heterocycles. The van der Waals surface area contributed by atoms with Crippen molar-refractivity contribution in [3.05, 3.63) is 285 Å². The second-order valence-electron chi connectivity index (χ2n) is 25.2. The Morgan fingerprint density at radius 3 is 0.890 bits per heavy atom. The number of rotatable bonds is 18. The van der Waals surface area contributed by atoms with E-state index in [1.807, 2.05) is 208 Å². The maximum absolute atomic E-state index is 13.7. The number of phenolic OH excluding ortho intramolecular Hbond substituents is 3. The van der Waals surface area contributed by atoms with Crippen molar-refractivity contribution in [1.29, 1.82) is 0 Å². The van der Waals surface area contributed by atoms with E-state index in [4.69, 9.17) is 27.8 Å². The fourth-order valence-electron chi connectivity index (χ4n) is 9.40. The number of hydrogen-bond acceptors (Lipinski definition) is 12. The van der Waals surface area contributed by atoms with Crippen LogP contribution in [0.5, 0.6) is 34.5 Å². The lowest BCUT2D eigenvalue weighted by atomic mass is 10.0.